The van der Waals surface area contributed by atoms with E-state index >= 15 is 0 Å². The molecule has 1 N–H and O–H groups in total. The molecule has 0 saturated heterocycles. The molecule has 0 fully saturated rings. The summed E-state index contributed by atoms with van der Waals surface area (Å²) >= 11 is 1.57. The molecule has 0 unspecified atom stereocenters. The van der Waals surface area contributed by atoms with E-state index in [9.17, 15) is 4.79 Å². The van der Waals surface area contributed by atoms with Crippen LogP contribution in [-0.2, 0) is 17.0 Å². The van der Waals surface area contributed by atoms with E-state index in [-0.39, 0.29) is 5.91 Å². The van der Waals surface area contributed by atoms with Crippen molar-refractivity contribution >= 4 is 23.4 Å². The normalized spacial score (nSPS) is 10.7. The van der Waals surface area contributed by atoms with Crippen LogP contribution in [0.15, 0.2) is 22.7 Å². The fourth-order valence-corrected chi connectivity index (χ4v) is 3.31. The average molecular weight is 318 g/mol. The van der Waals surface area contributed by atoms with Gasteiger partial charge in [0.15, 0.2) is 0 Å². The van der Waals surface area contributed by atoms with Crippen LogP contribution in [0, 0.1) is 20.8 Å². The summed E-state index contributed by atoms with van der Waals surface area (Å²) in [6.07, 6.45) is 0.906. The third-order valence-corrected chi connectivity index (χ3v) is 4.62. The van der Waals surface area contributed by atoms with Gasteiger partial charge >= 0.3 is 0 Å². The maximum absolute atomic E-state index is 12.2. The fourth-order valence-electron chi connectivity index (χ4n) is 2.33. The second-order valence-corrected chi connectivity index (χ2v) is 6.29. The highest BCUT2D eigenvalue weighted by atomic mass is 32.2. The van der Waals surface area contributed by atoms with Gasteiger partial charge in [-0.25, -0.2) is 0 Å². The highest BCUT2D eigenvalue weighted by Gasteiger charge is 2.12. The molecule has 0 saturated carbocycles. The number of nitrogens with one attached hydrogen (secondary N) is 1. The van der Waals surface area contributed by atoms with E-state index in [2.05, 4.69) is 23.5 Å². The van der Waals surface area contributed by atoms with Crippen molar-refractivity contribution in [2.24, 2.45) is 0 Å². The molecule has 5 heteroatoms. The van der Waals surface area contributed by atoms with Gasteiger partial charge in [0.1, 0.15) is 5.76 Å². The molecule has 1 aromatic heterocycles. The number of rotatable bonds is 6. The lowest BCUT2D eigenvalue weighted by Gasteiger charge is -2.12. The monoisotopic (exact) mass is 318 g/mol. The van der Waals surface area contributed by atoms with Crippen molar-refractivity contribution in [3.63, 3.8) is 0 Å². The summed E-state index contributed by atoms with van der Waals surface area (Å²) in [5, 5.41) is 6.97. The van der Waals surface area contributed by atoms with Gasteiger partial charge in [-0.15, -0.1) is 11.8 Å². The second kappa shape index (κ2) is 7.49. The van der Waals surface area contributed by atoms with Crippen molar-refractivity contribution in [1.29, 1.82) is 0 Å². The Labute approximate surface area is 135 Å². The number of hydrogen-bond acceptors (Lipinski definition) is 4. The number of aromatic nitrogens is 1. The van der Waals surface area contributed by atoms with Gasteiger partial charge < -0.3 is 9.84 Å². The molecule has 1 heterocycles. The highest BCUT2D eigenvalue weighted by Crippen LogP contribution is 2.23. The summed E-state index contributed by atoms with van der Waals surface area (Å²) in [6, 6.07) is 6.10. The van der Waals surface area contributed by atoms with Crippen molar-refractivity contribution in [3.05, 3.63) is 46.3 Å². The van der Waals surface area contributed by atoms with Crippen molar-refractivity contribution in [1.82, 2.24) is 5.16 Å². The van der Waals surface area contributed by atoms with Crippen LogP contribution < -0.4 is 5.32 Å². The number of para-hydroxylation sites is 1. The standard InChI is InChI=1S/C17H22N2O2S/c1-5-14-8-6-7-11(2)17(14)18-16(20)10-22-9-15-12(3)19-21-13(15)4/h6-8H,5,9-10H2,1-4H3,(H,18,20). The molecule has 2 aromatic rings. The zero-order chi connectivity index (χ0) is 16.1. The number of benzene rings is 1. The summed E-state index contributed by atoms with van der Waals surface area (Å²) in [5.74, 6) is 2.02. The van der Waals surface area contributed by atoms with E-state index in [1.54, 1.807) is 11.8 Å². The predicted molar refractivity (Wildman–Crippen MR) is 91.3 cm³/mol. The van der Waals surface area contributed by atoms with Gasteiger partial charge in [-0.1, -0.05) is 30.3 Å². The first-order valence-corrected chi connectivity index (χ1v) is 8.56. The number of carbonyl (C=O) groups is 1. The molecule has 0 atom stereocenters. The lowest BCUT2D eigenvalue weighted by molar-refractivity contribution is -0.113. The van der Waals surface area contributed by atoms with Crippen LogP contribution in [0.4, 0.5) is 5.69 Å². The van der Waals surface area contributed by atoms with Crippen LogP contribution in [0.5, 0.6) is 0 Å². The molecule has 2 rings (SSSR count). The SMILES string of the molecule is CCc1cccc(C)c1NC(=O)CSCc1c(C)noc1C. The maximum Gasteiger partial charge on any atom is 0.234 e. The van der Waals surface area contributed by atoms with Crippen molar-refractivity contribution in [2.45, 2.75) is 39.9 Å². The van der Waals surface area contributed by atoms with E-state index in [0.29, 0.717) is 5.75 Å². The molecule has 4 nitrogen and oxygen atoms in total. The average Bonchev–Trinajstić information content (AvgIpc) is 2.81. The van der Waals surface area contributed by atoms with Crippen LogP contribution >= 0.6 is 11.8 Å². The summed E-state index contributed by atoms with van der Waals surface area (Å²) in [7, 11) is 0. The molecule has 0 aliphatic heterocycles. The fraction of sp³-hybridized carbons (Fsp3) is 0.412. The lowest BCUT2D eigenvalue weighted by Crippen LogP contribution is -2.16. The highest BCUT2D eigenvalue weighted by molar-refractivity contribution is 7.99. The Morgan fingerprint density at radius 3 is 2.73 bits per heavy atom. The minimum Gasteiger partial charge on any atom is -0.361 e. The Morgan fingerprint density at radius 2 is 2.09 bits per heavy atom. The van der Waals surface area contributed by atoms with Crippen molar-refractivity contribution in [2.75, 3.05) is 11.1 Å². The summed E-state index contributed by atoms with van der Waals surface area (Å²) < 4.78 is 5.13. The first-order chi connectivity index (χ1) is 10.5. The topological polar surface area (TPSA) is 55.1 Å². The molecule has 1 amide bonds. The van der Waals surface area contributed by atoms with Gasteiger partial charge in [-0.2, -0.15) is 0 Å². The number of anilines is 1. The quantitative estimate of drug-likeness (QED) is 0.873. The van der Waals surface area contributed by atoms with Gasteiger partial charge in [0.25, 0.3) is 0 Å². The van der Waals surface area contributed by atoms with E-state index in [1.807, 2.05) is 32.9 Å². The molecule has 0 radical (unpaired) electrons. The van der Waals surface area contributed by atoms with Gasteiger partial charge in [-0.3, -0.25) is 4.79 Å². The van der Waals surface area contributed by atoms with Crippen LogP contribution in [0.2, 0.25) is 0 Å². The molecular formula is C17H22N2O2S. The van der Waals surface area contributed by atoms with E-state index in [1.165, 1.54) is 5.56 Å². The summed E-state index contributed by atoms with van der Waals surface area (Å²) in [4.78, 5) is 12.2. The van der Waals surface area contributed by atoms with Crippen LogP contribution in [0.1, 0.15) is 35.1 Å². The molecule has 0 aliphatic carbocycles. The minimum atomic E-state index is 0.0285. The first kappa shape index (κ1) is 16.6. The van der Waals surface area contributed by atoms with E-state index in [0.717, 1.165) is 40.4 Å². The molecule has 118 valence electrons. The van der Waals surface area contributed by atoms with Crippen molar-refractivity contribution in [3.8, 4) is 0 Å². The number of carbonyl (C=O) groups excluding carboxylic acids is 1. The zero-order valence-corrected chi connectivity index (χ0v) is 14.3. The minimum absolute atomic E-state index is 0.0285. The summed E-state index contributed by atoms with van der Waals surface area (Å²) in [6.45, 7) is 7.94. The second-order valence-electron chi connectivity index (χ2n) is 5.31. The van der Waals surface area contributed by atoms with Gasteiger partial charge in [0.2, 0.25) is 5.91 Å². The Hall–Kier alpha value is -1.75. The molecule has 0 spiro atoms. The number of amides is 1. The Kier molecular flexibility index (Phi) is 5.66. The van der Waals surface area contributed by atoms with Crippen LogP contribution in [-0.4, -0.2) is 16.8 Å². The Balaban J connectivity index is 1.91. The molecule has 22 heavy (non-hydrogen) atoms. The molecule has 0 bridgehead atoms. The number of hydrogen-bond donors (Lipinski definition) is 1. The smallest absolute Gasteiger partial charge is 0.234 e. The summed E-state index contributed by atoms with van der Waals surface area (Å²) in [5.41, 5.74) is 5.21. The van der Waals surface area contributed by atoms with Crippen molar-refractivity contribution < 1.29 is 9.32 Å². The molecule has 1 aromatic carbocycles. The third-order valence-electron chi connectivity index (χ3n) is 3.67. The Bertz CT molecular complexity index is 645. The van der Waals surface area contributed by atoms with Crippen LogP contribution in [0.25, 0.3) is 0 Å². The van der Waals surface area contributed by atoms with Gasteiger partial charge in [-0.05, 0) is 38.3 Å². The lowest BCUT2D eigenvalue weighted by atomic mass is 10.1. The van der Waals surface area contributed by atoms with Crippen LogP contribution in [0.3, 0.4) is 0 Å². The zero-order valence-electron chi connectivity index (χ0n) is 13.5. The predicted octanol–water partition coefficient (Wildman–Crippen LogP) is 4.03. The number of thioether (sulfide) groups is 1. The number of aryl methyl sites for hydroxylation is 4. The number of nitrogens with zero attached hydrogens (tertiary/aromatic N) is 1. The third kappa shape index (κ3) is 3.91. The maximum atomic E-state index is 12.2. The Morgan fingerprint density at radius 1 is 1.32 bits per heavy atom. The van der Waals surface area contributed by atoms with E-state index < -0.39 is 0 Å². The molecular weight excluding hydrogens is 296 g/mol. The molecule has 0 aliphatic rings. The van der Waals surface area contributed by atoms with Gasteiger partial charge in [0.05, 0.1) is 11.4 Å². The first-order valence-electron chi connectivity index (χ1n) is 7.40. The van der Waals surface area contributed by atoms with Gasteiger partial charge in [0, 0.05) is 17.0 Å². The van der Waals surface area contributed by atoms with E-state index in [4.69, 9.17) is 4.52 Å². The largest absolute Gasteiger partial charge is 0.361 e.